The molecule has 3 nitrogen and oxygen atoms in total. The first kappa shape index (κ1) is 16.3. The highest BCUT2D eigenvalue weighted by Gasteiger charge is 2.21. The Balaban J connectivity index is 1.78. The van der Waals surface area contributed by atoms with Crippen molar-refractivity contribution in [3.63, 3.8) is 0 Å². The molecule has 1 saturated carbocycles. The molecule has 0 aromatic heterocycles. The summed E-state index contributed by atoms with van der Waals surface area (Å²) in [5, 5.41) is 11.7. The smallest absolute Gasteiger partial charge is 0.120 e. The highest BCUT2D eigenvalue weighted by Crippen LogP contribution is 2.30. The molecule has 124 valence electrons. The topological polar surface area (TPSA) is 55.5 Å². The third kappa shape index (κ3) is 3.67. The van der Waals surface area contributed by atoms with Gasteiger partial charge in [0, 0.05) is 0 Å². The lowest BCUT2D eigenvalue weighted by Gasteiger charge is -2.27. The number of rotatable bonds is 4. The lowest BCUT2D eigenvalue weighted by Crippen LogP contribution is -2.36. The van der Waals surface area contributed by atoms with Crippen molar-refractivity contribution in [3.05, 3.63) is 42.0 Å². The summed E-state index contributed by atoms with van der Waals surface area (Å²) in [4.78, 5) is 0. The van der Waals surface area contributed by atoms with Crippen molar-refractivity contribution in [2.24, 2.45) is 11.7 Å². The van der Waals surface area contributed by atoms with Crippen LogP contribution < -0.4 is 10.5 Å². The molecule has 3 heteroatoms. The molecule has 0 amide bonds. The van der Waals surface area contributed by atoms with Crippen molar-refractivity contribution < 1.29 is 9.84 Å². The van der Waals surface area contributed by atoms with Gasteiger partial charge in [0.1, 0.15) is 5.75 Å². The van der Waals surface area contributed by atoms with Crippen LogP contribution in [0.4, 0.5) is 0 Å². The predicted octanol–water partition coefficient (Wildman–Crippen LogP) is 3.96. The van der Waals surface area contributed by atoms with E-state index in [4.69, 9.17) is 10.5 Å². The van der Waals surface area contributed by atoms with E-state index in [0.29, 0.717) is 6.10 Å². The van der Waals surface area contributed by atoms with Crippen LogP contribution in [0, 0.1) is 5.92 Å². The third-order valence-electron chi connectivity index (χ3n) is 5.07. The second-order valence-corrected chi connectivity index (χ2v) is 7.30. The van der Waals surface area contributed by atoms with Gasteiger partial charge in [0.25, 0.3) is 0 Å². The van der Waals surface area contributed by atoms with Crippen molar-refractivity contribution in [2.45, 2.75) is 51.2 Å². The number of fused-ring (bicyclic) bond motifs is 1. The fraction of sp³-hybridized carbons (Fsp3) is 0.500. The molecule has 1 aliphatic rings. The lowest BCUT2D eigenvalue weighted by atomic mass is 9.89. The van der Waals surface area contributed by atoms with Crippen LogP contribution in [0.3, 0.4) is 0 Å². The molecule has 0 spiro atoms. The molecule has 3 N–H and O–H groups in total. The molecular weight excluding hydrogens is 286 g/mol. The van der Waals surface area contributed by atoms with Crippen LogP contribution in [0.25, 0.3) is 10.8 Å². The standard InChI is InChI=1S/C20H27NO2/c1-14-3-8-18(9-4-14)23-19-10-6-15-11-17(20(2,21)13-22)7-5-16(15)12-19/h5-7,10-12,14,18,22H,3-4,8-9,13,21H2,1-2H3. The van der Waals surface area contributed by atoms with Crippen molar-refractivity contribution in [3.8, 4) is 5.75 Å². The summed E-state index contributed by atoms with van der Waals surface area (Å²) in [5.41, 5.74) is 6.36. The highest BCUT2D eigenvalue weighted by atomic mass is 16.5. The Labute approximate surface area is 138 Å². The van der Waals surface area contributed by atoms with Crippen molar-refractivity contribution in [2.75, 3.05) is 6.61 Å². The molecule has 1 atom stereocenters. The van der Waals surface area contributed by atoms with Crippen LogP contribution >= 0.6 is 0 Å². The van der Waals surface area contributed by atoms with Crippen LogP contribution in [0.15, 0.2) is 36.4 Å². The van der Waals surface area contributed by atoms with Gasteiger partial charge < -0.3 is 15.6 Å². The number of aliphatic hydroxyl groups excluding tert-OH is 1. The predicted molar refractivity (Wildman–Crippen MR) is 94.6 cm³/mol. The Morgan fingerprint density at radius 2 is 1.74 bits per heavy atom. The quantitative estimate of drug-likeness (QED) is 0.898. The van der Waals surface area contributed by atoms with E-state index in [9.17, 15) is 5.11 Å². The van der Waals surface area contributed by atoms with Gasteiger partial charge in [-0.3, -0.25) is 0 Å². The van der Waals surface area contributed by atoms with Crippen molar-refractivity contribution in [1.29, 1.82) is 0 Å². The van der Waals surface area contributed by atoms with E-state index in [1.807, 2.05) is 19.1 Å². The van der Waals surface area contributed by atoms with Crippen LogP contribution in [0.2, 0.25) is 0 Å². The summed E-state index contributed by atoms with van der Waals surface area (Å²) in [6, 6.07) is 12.3. The van der Waals surface area contributed by atoms with Crippen molar-refractivity contribution >= 4 is 10.8 Å². The van der Waals surface area contributed by atoms with Gasteiger partial charge in [0.05, 0.1) is 18.2 Å². The molecule has 0 heterocycles. The average Bonchev–Trinajstić information content (AvgIpc) is 2.56. The van der Waals surface area contributed by atoms with Crippen molar-refractivity contribution in [1.82, 2.24) is 0 Å². The summed E-state index contributed by atoms with van der Waals surface area (Å²) in [6.45, 7) is 4.09. The monoisotopic (exact) mass is 313 g/mol. The zero-order valence-electron chi connectivity index (χ0n) is 14.1. The van der Waals surface area contributed by atoms with Gasteiger partial charge in [-0.2, -0.15) is 0 Å². The zero-order valence-corrected chi connectivity index (χ0v) is 14.1. The maximum Gasteiger partial charge on any atom is 0.120 e. The fourth-order valence-corrected chi connectivity index (χ4v) is 3.28. The Hall–Kier alpha value is -1.58. The first-order chi connectivity index (χ1) is 11.0. The minimum atomic E-state index is -0.706. The average molecular weight is 313 g/mol. The van der Waals surface area contributed by atoms with Gasteiger partial charge in [0.15, 0.2) is 0 Å². The molecule has 23 heavy (non-hydrogen) atoms. The van der Waals surface area contributed by atoms with Gasteiger partial charge in [-0.05, 0) is 73.1 Å². The fourth-order valence-electron chi connectivity index (χ4n) is 3.28. The summed E-state index contributed by atoms with van der Waals surface area (Å²) in [7, 11) is 0. The molecule has 2 aromatic rings. The second kappa shape index (κ2) is 6.50. The SMILES string of the molecule is CC1CCC(Oc2ccc3cc(C(C)(N)CO)ccc3c2)CC1. The van der Waals surface area contributed by atoms with Gasteiger partial charge >= 0.3 is 0 Å². The maximum absolute atomic E-state index is 9.42. The molecule has 3 rings (SSSR count). The third-order valence-corrected chi connectivity index (χ3v) is 5.07. The molecule has 0 saturated heterocycles. The number of ether oxygens (including phenoxy) is 1. The minimum absolute atomic E-state index is 0.0696. The molecule has 0 bridgehead atoms. The van der Waals surface area contributed by atoms with Crippen LogP contribution in [0.5, 0.6) is 5.75 Å². The van der Waals surface area contributed by atoms with Gasteiger partial charge in [-0.1, -0.05) is 25.1 Å². The Bertz CT molecular complexity index is 672. The molecule has 0 radical (unpaired) electrons. The second-order valence-electron chi connectivity index (χ2n) is 7.30. The number of nitrogens with two attached hydrogens (primary N) is 1. The van der Waals surface area contributed by atoms with E-state index in [1.165, 1.54) is 12.8 Å². The normalized spacial score (nSPS) is 24.3. The summed E-state index contributed by atoms with van der Waals surface area (Å²) in [5.74, 6) is 1.78. The van der Waals surface area contributed by atoms with E-state index in [0.717, 1.165) is 40.8 Å². The molecule has 1 unspecified atom stereocenters. The largest absolute Gasteiger partial charge is 0.490 e. The molecular formula is C20H27NO2. The van der Waals surface area contributed by atoms with E-state index < -0.39 is 5.54 Å². The lowest BCUT2D eigenvalue weighted by molar-refractivity contribution is 0.136. The molecule has 1 fully saturated rings. The Morgan fingerprint density at radius 1 is 1.09 bits per heavy atom. The zero-order chi connectivity index (χ0) is 16.4. The minimum Gasteiger partial charge on any atom is -0.490 e. The molecule has 2 aromatic carbocycles. The number of benzene rings is 2. The van der Waals surface area contributed by atoms with E-state index in [1.54, 1.807) is 0 Å². The van der Waals surface area contributed by atoms with Crippen LogP contribution in [-0.2, 0) is 5.54 Å². The summed E-state index contributed by atoms with van der Waals surface area (Å²) in [6.07, 6.45) is 5.18. The summed E-state index contributed by atoms with van der Waals surface area (Å²) < 4.78 is 6.17. The molecule has 0 aliphatic heterocycles. The van der Waals surface area contributed by atoms with E-state index in [2.05, 4.69) is 31.2 Å². The number of hydrogen-bond acceptors (Lipinski definition) is 3. The highest BCUT2D eigenvalue weighted by molar-refractivity contribution is 5.84. The number of aliphatic hydroxyl groups is 1. The number of hydrogen-bond donors (Lipinski definition) is 2. The van der Waals surface area contributed by atoms with E-state index >= 15 is 0 Å². The first-order valence-electron chi connectivity index (χ1n) is 8.58. The maximum atomic E-state index is 9.42. The Morgan fingerprint density at radius 3 is 2.43 bits per heavy atom. The van der Waals surface area contributed by atoms with Crippen LogP contribution in [0.1, 0.15) is 45.1 Å². The molecule has 1 aliphatic carbocycles. The Kier molecular flexibility index (Phi) is 4.60. The summed E-state index contributed by atoms with van der Waals surface area (Å²) >= 11 is 0. The van der Waals surface area contributed by atoms with Gasteiger partial charge in [-0.15, -0.1) is 0 Å². The first-order valence-corrected chi connectivity index (χ1v) is 8.58. The van der Waals surface area contributed by atoms with Gasteiger partial charge in [-0.25, -0.2) is 0 Å². The van der Waals surface area contributed by atoms with Crippen LogP contribution in [-0.4, -0.2) is 17.8 Å². The van der Waals surface area contributed by atoms with Gasteiger partial charge in [0.2, 0.25) is 0 Å². The van der Waals surface area contributed by atoms with E-state index in [-0.39, 0.29) is 6.61 Å².